The van der Waals surface area contributed by atoms with Gasteiger partial charge in [-0.25, -0.2) is 9.97 Å². The molecule has 33 heavy (non-hydrogen) atoms. The second-order valence-corrected chi connectivity index (χ2v) is 7.78. The fourth-order valence-corrected chi connectivity index (χ4v) is 3.87. The van der Waals surface area contributed by atoms with Gasteiger partial charge in [0.2, 0.25) is 0 Å². The van der Waals surface area contributed by atoms with Gasteiger partial charge in [0.05, 0.1) is 17.8 Å². The minimum Gasteiger partial charge on any atom is -0.338 e. The highest BCUT2D eigenvalue weighted by Crippen LogP contribution is 2.34. The summed E-state index contributed by atoms with van der Waals surface area (Å²) < 4.78 is 0. The number of rotatable bonds is 3. The van der Waals surface area contributed by atoms with E-state index < -0.39 is 0 Å². The number of nitrogens with one attached hydrogen (secondary N) is 2. The Morgan fingerprint density at radius 1 is 0.909 bits per heavy atom. The van der Waals surface area contributed by atoms with E-state index in [0.29, 0.717) is 29.3 Å². The standard InChI is InChI=1S/C25H18ClN5O2/c26-22-19(6-3-13-27-22)24(32)29-18-11-9-16(10-12-18)25(33)31-15-17-5-1-2-7-20(17)30-23-21(31)8-4-14-28-23/h1-14H,15H2,(H,28,30)(H,29,32). The fraction of sp³-hybridized carbons (Fsp3) is 0.0400. The molecule has 2 N–H and O–H groups in total. The van der Waals surface area contributed by atoms with E-state index in [9.17, 15) is 9.59 Å². The van der Waals surface area contributed by atoms with Crippen molar-refractivity contribution < 1.29 is 9.59 Å². The van der Waals surface area contributed by atoms with Crippen LogP contribution in [0.15, 0.2) is 85.2 Å². The predicted octanol–water partition coefficient (Wildman–Crippen LogP) is 5.29. The maximum atomic E-state index is 13.5. The summed E-state index contributed by atoms with van der Waals surface area (Å²) in [6.07, 6.45) is 3.21. The van der Waals surface area contributed by atoms with Crippen LogP contribution < -0.4 is 15.5 Å². The summed E-state index contributed by atoms with van der Waals surface area (Å²) >= 11 is 6.00. The molecule has 0 aliphatic carbocycles. The van der Waals surface area contributed by atoms with Crippen molar-refractivity contribution in [1.82, 2.24) is 9.97 Å². The summed E-state index contributed by atoms with van der Waals surface area (Å²) in [4.78, 5) is 36.0. The number of benzene rings is 2. The average molecular weight is 456 g/mol. The van der Waals surface area contributed by atoms with Crippen molar-refractivity contribution in [2.45, 2.75) is 6.54 Å². The van der Waals surface area contributed by atoms with Gasteiger partial charge in [-0.2, -0.15) is 0 Å². The highest BCUT2D eigenvalue weighted by molar-refractivity contribution is 6.33. The summed E-state index contributed by atoms with van der Waals surface area (Å²) in [6.45, 7) is 0.401. The zero-order chi connectivity index (χ0) is 22.8. The van der Waals surface area contributed by atoms with Crippen molar-refractivity contribution in [3.05, 3.63) is 107 Å². The molecule has 3 heterocycles. The molecule has 1 aliphatic rings. The van der Waals surface area contributed by atoms with Gasteiger partial charge < -0.3 is 15.5 Å². The molecule has 0 radical (unpaired) electrons. The van der Waals surface area contributed by atoms with Crippen LogP contribution in [-0.4, -0.2) is 21.8 Å². The van der Waals surface area contributed by atoms with Crippen molar-refractivity contribution in [2.75, 3.05) is 15.5 Å². The van der Waals surface area contributed by atoms with Gasteiger partial charge in [-0.15, -0.1) is 0 Å². The maximum Gasteiger partial charge on any atom is 0.258 e. The minimum atomic E-state index is -0.373. The Morgan fingerprint density at radius 2 is 1.67 bits per heavy atom. The Hall–Kier alpha value is -4.23. The molecule has 162 valence electrons. The number of aromatic nitrogens is 2. The average Bonchev–Trinajstić information content (AvgIpc) is 3.01. The van der Waals surface area contributed by atoms with Gasteiger partial charge in [-0.05, 0) is 60.2 Å². The van der Waals surface area contributed by atoms with Crippen LogP contribution in [0.5, 0.6) is 0 Å². The third-order valence-corrected chi connectivity index (χ3v) is 5.62. The lowest BCUT2D eigenvalue weighted by Gasteiger charge is -2.22. The van der Waals surface area contributed by atoms with Crippen LogP contribution in [0.3, 0.4) is 0 Å². The number of pyridine rings is 2. The topological polar surface area (TPSA) is 87.2 Å². The van der Waals surface area contributed by atoms with E-state index in [0.717, 1.165) is 11.3 Å². The molecule has 0 saturated carbocycles. The van der Waals surface area contributed by atoms with Gasteiger partial charge in [0.25, 0.3) is 11.8 Å². The second-order valence-electron chi connectivity index (χ2n) is 7.42. The van der Waals surface area contributed by atoms with Crippen molar-refractivity contribution in [3.8, 4) is 0 Å². The number of fused-ring (bicyclic) bond motifs is 2. The van der Waals surface area contributed by atoms with E-state index in [1.54, 1.807) is 53.6 Å². The van der Waals surface area contributed by atoms with Gasteiger partial charge in [-0.1, -0.05) is 29.8 Å². The Balaban J connectivity index is 1.40. The highest BCUT2D eigenvalue weighted by atomic mass is 35.5. The van der Waals surface area contributed by atoms with Crippen molar-refractivity contribution in [3.63, 3.8) is 0 Å². The molecule has 0 spiro atoms. The maximum absolute atomic E-state index is 13.5. The molecule has 2 aromatic carbocycles. The SMILES string of the molecule is O=C(Nc1ccc(C(=O)N2Cc3ccccc3Nc3ncccc32)cc1)c1cccnc1Cl. The molecule has 0 bridgehead atoms. The quantitative estimate of drug-likeness (QED) is 0.410. The summed E-state index contributed by atoms with van der Waals surface area (Å²) in [5, 5.41) is 6.23. The zero-order valence-corrected chi connectivity index (χ0v) is 18.1. The first kappa shape index (κ1) is 20.7. The first-order chi connectivity index (χ1) is 16.1. The lowest BCUT2D eigenvalue weighted by molar-refractivity contribution is 0.0984. The molecule has 5 rings (SSSR count). The van der Waals surface area contributed by atoms with Crippen LogP contribution in [0, 0.1) is 0 Å². The summed E-state index contributed by atoms with van der Waals surface area (Å²) in [5.74, 6) is 0.0753. The number of para-hydroxylation sites is 1. The number of hydrogen-bond acceptors (Lipinski definition) is 5. The van der Waals surface area contributed by atoms with E-state index in [-0.39, 0.29) is 22.5 Å². The number of halogens is 1. The van der Waals surface area contributed by atoms with Crippen molar-refractivity contribution in [2.24, 2.45) is 0 Å². The summed E-state index contributed by atoms with van der Waals surface area (Å²) in [6, 6.07) is 21.5. The van der Waals surface area contributed by atoms with Gasteiger partial charge in [0.15, 0.2) is 5.82 Å². The number of carbonyl (C=O) groups excluding carboxylic acids is 2. The summed E-state index contributed by atoms with van der Waals surface area (Å²) in [7, 11) is 0. The molecule has 0 saturated heterocycles. The number of nitrogens with zero attached hydrogens (tertiary/aromatic N) is 3. The third-order valence-electron chi connectivity index (χ3n) is 5.31. The molecule has 2 amide bonds. The summed E-state index contributed by atoms with van der Waals surface area (Å²) in [5.41, 5.74) is 3.91. The number of anilines is 4. The van der Waals surface area contributed by atoms with Gasteiger partial charge >= 0.3 is 0 Å². The fourth-order valence-electron chi connectivity index (χ4n) is 3.66. The van der Waals surface area contributed by atoms with E-state index in [4.69, 9.17) is 11.6 Å². The van der Waals surface area contributed by atoms with Crippen LogP contribution in [0.2, 0.25) is 5.15 Å². The number of hydrogen-bond donors (Lipinski definition) is 2. The van der Waals surface area contributed by atoms with E-state index in [1.165, 1.54) is 6.20 Å². The van der Waals surface area contributed by atoms with Crippen LogP contribution in [0.25, 0.3) is 0 Å². The first-order valence-corrected chi connectivity index (χ1v) is 10.6. The lowest BCUT2D eigenvalue weighted by Crippen LogP contribution is -2.30. The third kappa shape index (κ3) is 4.14. The molecule has 2 aromatic heterocycles. The smallest absolute Gasteiger partial charge is 0.258 e. The Morgan fingerprint density at radius 3 is 2.48 bits per heavy atom. The zero-order valence-electron chi connectivity index (χ0n) is 17.3. The Labute approximate surface area is 195 Å². The van der Waals surface area contributed by atoms with Crippen LogP contribution >= 0.6 is 11.6 Å². The molecular formula is C25H18ClN5O2. The monoisotopic (exact) mass is 455 g/mol. The molecule has 1 aliphatic heterocycles. The van der Waals surface area contributed by atoms with E-state index in [1.807, 2.05) is 30.3 Å². The van der Waals surface area contributed by atoms with Gasteiger partial charge in [0, 0.05) is 29.3 Å². The molecule has 7 nitrogen and oxygen atoms in total. The Kier molecular flexibility index (Phi) is 5.46. The predicted molar refractivity (Wildman–Crippen MR) is 128 cm³/mol. The van der Waals surface area contributed by atoms with Gasteiger partial charge in [-0.3, -0.25) is 9.59 Å². The minimum absolute atomic E-state index is 0.129. The van der Waals surface area contributed by atoms with Crippen LogP contribution in [-0.2, 0) is 6.54 Å². The van der Waals surface area contributed by atoms with Crippen molar-refractivity contribution >= 4 is 46.3 Å². The largest absolute Gasteiger partial charge is 0.338 e. The van der Waals surface area contributed by atoms with E-state index in [2.05, 4.69) is 20.6 Å². The van der Waals surface area contributed by atoms with Crippen molar-refractivity contribution in [1.29, 1.82) is 0 Å². The highest BCUT2D eigenvalue weighted by Gasteiger charge is 2.25. The lowest BCUT2D eigenvalue weighted by atomic mass is 10.1. The van der Waals surface area contributed by atoms with E-state index >= 15 is 0 Å². The number of amides is 2. The molecular weight excluding hydrogens is 438 g/mol. The number of carbonyl (C=O) groups is 2. The van der Waals surface area contributed by atoms with Crippen LogP contribution in [0.4, 0.5) is 22.9 Å². The first-order valence-electron chi connectivity index (χ1n) is 10.2. The molecule has 4 aromatic rings. The van der Waals surface area contributed by atoms with Gasteiger partial charge in [0.1, 0.15) is 5.15 Å². The molecule has 0 unspecified atom stereocenters. The molecule has 0 atom stereocenters. The normalized spacial score (nSPS) is 12.1. The molecule has 0 fully saturated rings. The Bertz CT molecular complexity index is 1360. The second kappa shape index (κ2) is 8.72. The molecule has 8 heteroatoms. The van der Waals surface area contributed by atoms with Crippen LogP contribution in [0.1, 0.15) is 26.3 Å².